The number of hydrogen-bond donors (Lipinski definition) is 1. The van der Waals surface area contributed by atoms with Crippen molar-refractivity contribution in [3.8, 4) is 5.75 Å². The Hall–Kier alpha value is -2.63. The zero-order chi connectivity index (χ0) is 23.2. The number of carbonyl (C=O) groups is 1. The van der Waals surface area contributed by atoms with Crippen LogP contribution in [0.25, 0.3) is 0 Å². The molecule has 2 aromatic rings. The van der Waals surface area contributed by atoms with Crippen LogP contribution in [0.15, 0.2) is 53.4 Å². The van der Waals surface area contributed by atoms with E-state index in [1.54, 1.807) is 38.1 Å². The zero-order valence-corrected chi connectivity index (χ0v) is 19.5. The number of sulfonamides is 2. The molecule has 0 aliphatic carbocycles. The van der Waals surface area contributed by atoms with E-state index in [4.69, 9.17) is 4.74 Å². The van der Waals surface area contributed by atoms with Gasteiger partial charge in [0.05, 0.1) is 23.9 Å². The summed E-state index contributed by atoms with van der Waals surface area (Å²) in [5, 5.41) is 2.59. The summed E-state index contributed by atoms with van der Waals surface area (Å²) in [5.74, 6) is -0.0120. The van der Waals surface area contributed by atoms with Crippen molar-refractivity contribution in [2.75, 3.05) is 42.6 Å². The Kier molecular flexibility index (Phi) is 8.04. The van der Waals surface area contributed by atoms with Crippen molar-refractivity contribution in [2.24, 2.45) is 0 Å². The molecule has 11 heteroatoms. The Morgan fingerprint density at radius 1 is 0.935 bits per heavy atom. The van der Waals surface area contributed by atoms with Crippen LogP contribution in [0.3, 0.4) is 0 Å². The molecule has 2 aromatic carbocycles. The first-order chi connectivity index (χ1) is 14.5. The Labute approximate surface area is 183 Å². The van der Waals surface area contributed by atoms with Crippen LogP contribution >= 0.6 is 0 Å². The molecule has 0 saturated heterocycles. The normalized spacial score (nSPS) is 11.9. The molecule has 0 aliphatic heterocycles. The molecule has 0 fully saturated rings. The van der Waals surface area contributed by atoms with Crippen LogP contribution in [0.1, 0.15) is 13.8 Å². The predicted molar refractivity (Wildman–Crippen MR) is 120 cm³/mol. The Morgan fingerprint density at radius 2 is 1.48 bits per heavy atom. The van der Waals surface area contributed by atoms with Gasteiger partial charge >= 0.3 is 0 Å². The van der Waals surface area contributed by atoms with E-state index in [-0.39, 0.29) is 4.90 Å². The summed E-state index contributed by atoms with van der Waals surface area (Å²) in [6, 6.07) is 12.0. The maximum Gasteiger partial charge on any atom is 0.245 e. The van der Waals surface area contributed by atoms with Gasteiger partial charge in [0, 0.05) is 18.8 Å². The fraction of sp³-hybridized carbons (Fsp3) is 0.350. The van der Waals surface area contributed by atoms with Crippen molar-refractivity contribution in [1.29, 1.82) is 0 Å². The second-order valence-electron chi connectivity index (χ2n) is 6.63. The fourth-order valence-electron chi connectivity index (χ4n) is 2.90. The number of benzene rings is 2. The van der Waals surface area contributed by atoms with Crippen LogP contribution < -0.4 is 14.4 Å². The molecule has 9 nitrogen and oxygen atoms in total. The topological polar surface area (TPSA) is 113 Å². The number of nitrogens with zero attached hydrogens (tertiary/aromatic N) is 2. The number of hydrogen-bond acceptors (Lipinski definition) is 6. The van der Waals surface area contributed by atoms with Crippen molar-refractivity contribution in [1.82, 2.24) is 4.31 Å². The Morgan fingerprint density at radius 3 is 1.94 bits per heavy atom. The molecule has 0 saturated carbocycles. The number of amides is 1. The van der Waals surface area contributed by atoms with Gasteiger partial charge in [-0.1, -0.05) is 13.8 Å². The monoisotopic (exact) mass is 469 g/mol. The van der Waals surface area contributed by atoms with E-state index in [2.05, 4.69) is 5.32 Å². The molecular formula is C20H27N3O6S2. The third-order valence-electron chi connectivity index (χ3n) is 4.53. The van der Waals surface area contributed by atoms with Gasteiger partial charge in [0.2, 0.25) is 26.0 Å². The summed E-state index contributed by atoms with van der Waals surface area (Å²) in [7, 11) is -5.83. The lowest BCUT2D eigenvalue weighted by Gasteiger charge is -2.22. The molecule has 170 valence electrons. The van der Waals surface area contributed by atoms with Gasteiger partial charge in [-0.3, -0.25) is 9.10 Å². The number of ether oxygens (including phenoxy) is 1. The summed E-state index contributed by atoms with van der Waals surface area (Å²) in [5.41, 5.74) is 0.672. The van der Waals surface area contributed by atoms with Gasteiger partial charge in [-0.15, -0.1) is 0 Å². The van der Waals surface area contributed by atoms with Crippen LogP contribution in [0.2, 0.25) is 0 Å². The highest BCUT2D eigenvalue weighted by atomic mass is 32.2. The summed E-state index contributed by atoms with van der Waals surface area (Å²) >= 11 is 0. The first-order valence-electron chi connectivity index (χ1n) is 9.54. The lowest BCUT2D eigenvalue weighted by molar-refractivity contribution is -0.114. The average molecular weight is 470 g/mol. The van der Waals surface area contributed by atoms with Gasteiger partial charge in [0.1, 0.15) is 12.3 Å². The third kappa shape index (κ3) is 6.18. The summed E-state index contributed by atoms with van der Waals surface area (Å²) < 4.78 is 56.8. The minimum atomic E-state index is -3.72. The smallest absolute Gasteiger partial charge is 0.245 e. The van der Waals surface area contributed by atoms with Gasteiger partial charge in [0.25, 0.3) is 0 Å². The molecule has 0 spiro atoms. The molecule has 1 amide bonds. The average Bonchev–Trinajstić information content (AvgIpc) is 2.72. The number of methoxy groups -OCH3 is 1. The fourth-order valence-corrected chi connectivity index (χ4v) is 5.22. The molecule has 0 heterocycles. The standard InChI is InChI=1S/C20H27N3O6S2/c1-5-22(6-2)31(27,28)19-13-7-16(8-14-19)21-20(24)15-23(30(4,25)26)17-9-11-18(29-3)12-10-17/h7-14H,5-6,15H2,1-4H3,(H,21,24). The third-order valence-corrected chi connectivity index (χ3v) is 7.73. The van der Waals surface area contributed by atoms with E-state index in [0.29, 0.717) is 30.2 Å². The second-order valence-corrected chi connectivity index (χ2v) is 10.5. The first-order valence-corrected chi connectivity index (χ1v) is 12.8. The van der Waals surface area contributed by atoms with Crippen molar-refractivity contribution in [3.05, 3.63) is 48.5 Å². The molecule has 0 unspecified atom stereocenters. The van der Waals surface area contributed by atoms with Crippen LogP contribution in [-0.2, 0) is 24.8 Å². The molecule has 0 bridgehead atoms. The maximum absolute atomic E-state index is 12.5. The SMILES string of the molecule is CCN(CC)S(=O)(=O)c1ccc(NC(=O)CN(c2ccc(OC)cc2)S(C)(=O)=O)cc1. The Balaban J connectivity index is 2.16. The number of nitrogens with one attached hydrogen (secondary N) is 1. The highest BCUT2D eigenvalue weighted by Crippen LogP contribution is 2.22. The minimum Gasteiger partial charge on any atom is -0.497 e. The largest absolute Gasteiger partial charge is 0.497 e. The van der Waals surface area contributed by atoms with Crippen LogP contribution in [0.4, 0.5) is 11.4 Å². The van der Waals surface area contributed by atoms with Crippen molar-refractivity contribution in [3.63, 3.8) is 0 Å². The highest BCUT2D eigenvalue weighted by molar-refractivity contribution is 7.92. The predicted octanol–water partition coefficient (Wildman–Crippen LogP) is 2.13. The molecule has 0 aromatic heterocycles. The number of carbonyl (C=O) groups excluding carboxylic acids is 1. The zero-order valence-electron chi connectivity index (χ0n) is 17.9. The maximum atomic E-state index is 12.5. The lowest BCUT2D eigenvalue weighted by atomic mass is 10.3. The first kappa shape index (κ1) is 24.6. The minimum absolute atomic E-state index is 0.116. The molecular weight excluding hydrogens is 442 g/mol. The van der Waals surface area contributed by atoms with Gasteiger partial charge in [-0.2, -0.15) is 4.31 Å². The second kappa shape index (κ2) is 10.1. The molecule has 31 heavy (non-hydrogen) atoms. The van der Waals surface area contributed by atoms with Gasteiger partial charge in [0.15, 0.2) is 0 Å². The molecule has 1 N–H and O–H groups in total. The molecule has 0 radical (unpaired) electrons. The summed E-state index contributed by atoms with van der Waals surface area (Å²) in [6.07, 6.45) is 1.01. The summed E-state index contributed by atoms with van der Waals surface area (Å²) in [4.78, 5) is 12.6. The highest BCUT2D eigenvalue weighted by Gasteiger charge is 2.23. The van der Waals surface area contributed by atoms with E-state index < -0.39 is 32.5 Å². The molecule has 0 atom stereocenters. The lowest BCUT2D eigenvalue weighted by Crippen LogP contribution is -2.37. The van der Waals surface area contributed by atoms with Crippen LogP contribution in [0, 0.1) is 0 Å². The summed E-state index contributed by atoms with van der Waals surface area (Å²) in [6.45, 7) is 3.77. The van der Waals surface area contributed by atoms with E-state index in [1.165, 1.54) is 35.7 Å². The van der Waals surface area contributed by atoms with Crippen LogP contribution in [-0.4, -0.2) is 60.0 Å². The van der Waals surface area contributed by atoms with Crippen molar-refractivity contribution in [2.45, 2.75) is 18.7 Å². The Bertz CT molecular complexity index is 1090. The van der Waals surface area contributed by atoms with E-state index in [0.717, 1.165) is 10.6 Å². The van der Waals surface area contributed by atoms with Gasteiger partial charge in [-0.25, -0.2) is 16.8 Å². The number of anilines is 2. The molecule has 2 rings (SSSR count). The van der Waals surface area contributed by atoms with Crippen LogP contribution in [0.5, 0.6) is 5.75 Å². The van der Waals surface area contributed by atoms with E-state index in [9.17, 15) is 21.6 Å². The molecule has 0 aliphatic rings. The van der Waals surface area contributed by atoms with Crippen molar-refractivity contribution >= 4 is 37.3 Å². The quantitative estimate of drug-likeness (QED) is 0.570. The van der Waals surface area contributed by atoms with Gasteiger partial charge < -0.3 is 10.1 Å². The van der Waals surface area contributed by atoms with Gasteiger partial charge in [-0.05, 0) is 48.5 Å². The van der Waals surface area contributed by atoms with Crippen molar-refractivity contribution < 1.29 is 26.4 Å². The van der Waals surface area contributed by atoms with E-state index in [1.807, 2.05) is 0 Å². The number of rotatable bonds is 10. The van der Waals surface area contributed by atoms with E-state index >= 15 is 0 Å².